The highest BCUT2D eigenvalue weighted by atomic mass is 32.2. The van der Waals surface area contributed by atoms with Gasteiger partial charge < -0.3 is 5.32 Å². The number of carbonyl (C=O) groups excluding carboxylic acids is 1. The lowest BCUT2D eigenvalue weighted by molar-refractivity contribution is -0.124. The van der Waals surface area contributed by atoms with Crippen molar-refractivity contribution in [1.82, 2.24) is 19.4 Å². The van der Waals surface area contributed by atoms with Gasteiger partial charge in [0.05, 0.1) is 16.3 Å². The van der Waals surface area contributed by atoms with E-state index in [0.717, 1.165) is 34.8 Å². The summed E-state index contributed by atoms with van der Waals surface area (Å²) in [5.74, 6) is -0.860. The van der Waals surface area contributed by atoms with Crippen molar-refractivity contribution in [2.75, 3.05) is 6.54 Å². The fourth-order valence-electron chi connectivity index (χ4n) is 4.08. The predicted molar refractivity (Wildman–Crippen MR) is 118 cm³/mol. The van der Waals surface area contributed by atoms with Crippen LogP contribution in [0.15, 0.2) is 59.5 Å². The zero-order chi connectivity index (χ0) is 22.9. The summed E-state index contributed by atoms with van der Waals surface area (Å²) < 4.78 is 42.3. The molecule has 1 N–H and O–H groups in total. The molecule has 1 aliphatic heterocycles. The van der Waals surface area contributed by atoms with Crippen LogP contribution in [0.2, 0.25) is 0 Å². The quantitative estimate of drug-likeness (QED) is 0.618. The Kier molecular flexibility index (Phi) is 6.12. The minimum atomic E-state index is -3.89. The Balaban J connectivity index is 1.50. The topological polar surface area (TPSA) is 84.3 Å². The molecule has 0 saturated carbocycles. The van der Waals surface area contributed by atoms with Crippen molar-refractivity contribution in [3.63, 3.8) is 0 Å². The summed E-state index contributed by atoms with van der Waals surface area (Å²) in [5, 5.41) is 7.48. The molecule has 0 radical (unpaired) electrons. The number of aryl methyl sites for hydroxylation is 1. The molecule has 1 amide bonds. The first-order chi connectivity index (χ1) is 15.3. The average Bonchev–Trinajstić information content (AvgIpc) is 3.39. The van der Waals surface area contributed by atoms with Crippen LogP contribution in [0.3, 0.4) is 0 Å². The molecular formula is C23H25FN4O3S. The van der Waals surface area contributed by atoms with Gasteiger partial charge in [-0.15, -0.1) is 0 Å². The standard InChI is InChI=1S/C23H25FN4O3S/c1-16-21(17(2)28(26-16)19-7-4-3-5-8-19)15-25-23(29)22-9-6-14-27(22)32(30,31)20-12-10-18(24)11-13-20/h3-5,7-8,10-13,22H,6,9,14-15H2,1-2H3,(H,25,29)/t22-/m0/s1. The monoisotopic (exact) mass is 456 g/mol. The Labute approximate surface area is 186 Å². The van der Waals surface area contributed by atoms with Crippen LogP contribution in [-0.4, -0.2) is 41.0 Å². The van der Waals surface area contributed by atoms with Crippen molar-refractivity contribution >= 4 is 15.9 Å². The molecule has 7 nitrogen and oxygen atoms in total. The predicted octanol–water partition coefficient (Wildman–Crippen LogP) is 3.10. The molecule has 32 heavy (non-hydrogen) atoms. The van der Waals surface area contributed by atoms with E-state index < -0.39 is 21.9 Å². The number of nitrogens with one attached hydrogen (secondary N) is 1. The first-order valence-electron chi connectivity index (χ1n) is 10.4. The van der Waals surface area contributed by atoms with Crippen LogP contribution in [0.1, 0.15) is 29.8 Å². The molecule has 2 aromatic carbocycles. The van der Waals surface area contributed by atoms with Crippen molar-refractivity contribution in [1.29, 1.82) is 0 Å². The summed E-state index contributed by atoms with van der Waals surface area (Å²) in [7, 11) is -3.89. The second-order valence-corrected chi connectivity index (χ2v) is 9.73. The van der Waals surface area contributed by atoms with Gasteiger partial charge in [-0.3, -0.25) is 4.79 Å². The van der Waals surface area contributed by atoms with Gasteiger partial charge in [-0.2, -0.15) is 9.40 Å². The lowest BCUT2D eigenvalue weighted by atomic mass is 10.1. The largest absolute Gasteiger partial charge is 0.350 e. The van der Waals surface area contributed by atoms with Gasteiger partial charge in [-0.1, -0.05) is 18.2 Å². The third-order valence-corrected chi connectivity index (χ3v) is 7.73. The molecule has 9 heteroatoms. The minimum Gasteiger partial charge on any atom is -0.350 e. The maximum atomic E-state index is 13.2. The van der Waals surface area contributed by atoms with Crippen molar-refractivity contribution in [2.24, 2.45) is 0 Å². The van der Waals surface area contributed by atoms with E-state index in [0.29, 0.717) is 12.8 Å². The number of rotatable bonds is 6. The molecule has 1 saturated heterocycles. The van der Waals surface area contributed by atoms with E-state index >= 15 is 0 Å². The average molecular weight is 457 g/mol. The third-order valence-electron chi connectivity index (χ3n) is 5.81. The van der Waals surface area contributed by atoms with Crippen LogP contribution in [0, 0.1) is 19.7 Å². The van der Waals surface area contributed by atoms with Gasteiger partial charge in [0.1, 0.15) is 11.9 Å². The van der Waals surface area contributed by atoms with Crippen molar-refractivity contribution < 1.29 is 17.6 Å². The summed E-state index contributed by atoms with van der Waals surface area (Å²) in [5.41, 5.74) is 3.54. The first-order valence-corrected chi connectivity index (χ1v) is 11.9. The first kappa shape index (κ1) is 22.2. The Morgan fingerprint density at radius 3 is 2.50 bits per heavy atom. The summed E-state index contributed by atoms with van der Waals surface area (Å²) in [6.45, 7) is 4.33. The Bertz CT molecular complexity index is 1220. The fraction of sp³-hybridized carbons (Fsp3) is 0.304. The Hall–Kier alpha value is -3.04. The lowest BCUT2D eigenvalue weighted by Gasteiger charge is -2.23. The second-order valence-electron chi connectivity index (χ2n) is 7.84. The normalized spacial score (nSPS) is 16.9. The van der Waals surface area contributed by atoms with E-state index in [4.69, 9.17) is 0 Å². The van der Waals surface area contributed by atoms with Gasteiger partial charge >= 0.3 is 0 Å². The minimum absolute atomic E-state index is 0.0190. The lowest BCUT2D eigenvalue weighted by Crippen LogP contribution is -2.45. The van der Waals surface area contributed by atoms with Gasteiger partial charge in [0, 0.05) is 24.3 Å². The van der Waals surface area contributed by atoms with Crippen LogP contribution in [0.25, 0.3) is 5.69 Å². The van der Waals surface area contributed by atoms with Crippen molar-refractivity contribution in [3.8, 4) is 5.69 Å². The molecule has 2 heterocycles. The number of sulfonamides is 1. The molecule has 0 unspecified atom stereocenters. The van der Waals surface area contributed by atoms with Crippen LogP contribution < -0.4 is 5.32 Å². The number of aromatic nitrogens is 2. The van der Waals surface area contributed by atoms with Crippen LogP contribution >= 0.6 is 0 Å². The number of para-hydroxylation sites is 1. The highest BCUT2D eigenvalue weighted by molar-refractivity contribution is 7.89. The number of hydrogen-bond donors (Lipinski definition) is 1. The second kappa shape index (κ2) is 8.84. The summed E-state index contributed by atoms with van der Waals surface area (Å²) >= 11 is 0. The molecule has 0 spiro atoms. The van der Waals surface area contributed by atoms with Gasteiger partial charge in [0.15, 0.2) is 0 Å². The van der Waals surface area contributed by atoms with E-state index in [9.17, 15) is 17.6 Å². The van der Waals surface area contributed by atoms with Gasteiger partial charge in [-0.05, 0) is 63.1 Å². The molecule has 1 aliphatic rings. The maximum Gasteiger partial charge on any atom is 0.243 e. The molecule has 168 valence electrons. The summed E-state index contributed by atoms with van der Waals surface area (Å²) in [4.78, 5) is 12.9. The molecule has 1 aromatic heterocycles. The number of halogens is 1. The molecule has 0 aliphatic carbocycles. The van der Waals surface area contributed by atoms with E-state index in [1.54, 1.807) is 0 Å². The smallest absolute Gasteiger partial charge is 0.243 e. The molecule has 1 atom stereocenters. The maximum absolute atomic E-state index is 13.2. The SMILES string of the molecule is Cc1nn(-c2ccccc2)c(C)c1CNC(=O)[C@@H]1CCCN1S(=O)(=O)c1ccc(F)cc1. The van der Waals surface area contributed by atoms with Gasteiger partial charge in [0.2, 0.25) is 15.9 Å². The highest BCUT2D eigenvalue weighted by Crippen LogP contribution is 2.27. The fourth-order valence-corrected chi connectivity index (χ4v) is 5.73. The van der Waals surface area contributed by atoms with E-state index in [-0.39, 0.29) is 23.9 Å². The van der Waals surface area contributed by atoms with E-state index in [1.165, 1.54) is 16.4 Å². The number of carbonyl (C=O) groups is 1. The van der Waals surface area contributed by atoms with Crippen molar-refractivity contribution in [3.05, 3.63) is 77.4 Å². The van der Waals surface area contributed by atoms with Crippen LogP contribution in [0.5, 0.6) is 0 Å². The van der Waals surface area contributed by atoms with E-state index in [1.807, 2.05) is 48.9 Å². The van der Waals surface area contributed by atoms with Crippen molar-refractivity contribution in [2.45, 2.75) is 44.2 Å². The number of amides is 1. The molecule has 3 aromatic rings. The van der Waals surface area contributed by atoms with Crippen LogP contribution in [0.4, 0.5) is 4.39 Å². The number of benzene rings is 2. The molecule has 4 rings (SSSR count). The van der Waals surface area contributed by atoms with Crippen LogP contribution in [-0.2, 0) is 21.4 Å². The molecule has 0 bridgehead atoms. The zero-order valence-electron chi connectivity index (χ0n) is 18.0. The molecule has 1 fully saturated rings. The summed E-state index contributed by atoms with van der Waals surface area (Å²) in [6.07, 6.45) is 1.02. The van der Waals surface area contributed by atoms with Gasteiger partial charge in [0.25, 0.3) is 0 Å². The number of nitrogens with zero attached hydrogens (tertiary/aromatic N) is 3. The molecular weight excluding hydrogens is 431 g/mol. The third kappa shape index (κ3) is 4.18. The summed E-state index contributed by atoms with van der Waals surface area (Å²) in [6, 6.07) is 13.6. The highest BCUT2D eigenvalue weighted by Gasteiger charge is 2.39. The van der Waals surface area contributed by atoms with Gasteiger partial charge in [-0.25, -0.2) is 17.5 Å². The number of hydrogen-bond acceptors (Lipinski definition) is 4. The zero-order valence-corrected chi connectivity index (χ0v) is 18.8. The van der Waals surface area contributed by atoms with E-state index in [2.05, 4.69) is 10.4 Å². The Morgan fingerprint density at radius 2 is 1.81 bits per heavy atom. The Morgan fingerprint density at radius 1 is 1.12 bits per heavy atom.